The van der Waals surface area contributed by atoms with Crippen molar-refractivity contribution in [2.45, 2.75) is 84.5 Å². The van der Waals surface area contributed by atoms with Crippen LogP contribution < -0.4 is 0 Å². The first-order valence-electron chi connectivity index (χ1n) is 13.9. The zero-order chi connectivity index (χ0) is 29.7. The second-order valence-corrected chi connectivity index (χ2v) is 12.4. The van der Waals surface area contributed by atoms with Crippen LogP contribution in [-0.4, -0.2) is 94.1 Å². The lowest BCUT2D eigenvalue weighted by Crippen LogP contribution is -2.43. The van der Waals surface area contributed by atoms with Crippen molar-refractivity contribution in [1.82, 2.24) is 14.9 Å². The number of fused-ring (bicyclic) bond motifs is 1. The number of carbonyl (C=O) groups excluding carboxylic acids is 4. The summed E-state index contributed by atoms with van der Waals surface area (Å²) in [5, 5.41) is 10.1. The molecule has 0 atom stereocenters. The van der Waals surface area contributed by atoms with Crippen molar-refractivity contribution in [3.63, 3.8) is 0 Å². The van der Waals surface area contributed by atoms with Gasteiger partial charge in [0.1, 0.15) is 11.2 Å². The minimum atomic E-state index is -0.511. The summed E-state index contributed by atoms with van der Waals surface area (Å²) < 4.78 is 10.6. The smallest absolute Gasteiger partial charge is 0.410 e. The number of hydrogen-bond donors (Lipinski definition) is 1. The van der Waals surface area contributed by atoms with Gasteiger partial charge in [-0.3, -0.25) is 14.4 Å². The van der Waals surface area contributed by atoms with Crippen LogP contribution in [0, 0.1) is 5.92 Å². The first-order chi connectivity index (χ1) is 18.6. The van der Waals surface area contributed by atoms with Crippen LogP contribution in [0.1, 0.15) is 87.9 Å². The molecule has 222 valence electrons. The average Bonchev–Trinajstić information content (AvgIpc) is 3.11. The zero-order valence-corrected chi connectivity index (χ0v) is 24.5. The van der Waals surface area contributed by atoms with Crippen LogP contribution in [-0.2, 0) is 14.3 Å². The summed E-state index contributed by atoms with van der Waals surface area (Å²) >= 11 is 0. The molecule has 0 bridgehead atoms. The van der Waals surface area contributed by atoms with Crippen LogP contribution in [0.4, 0.5) is 9.59 Å². The van der Waals surface area contributed by atoms with E-state index in [1.54, 1.807) is 34.1 Å². The minimum absolute atomic E-state index is 0.179. The van der Waals surface area contributed by atoms with Gasteiger partial charge < -0.3 is 24.4 Å². The quantitative estimate of drug-likeness (QED) is 0.543. The number of hydroxylamine groups is 2. The predicted molar refractivity (Wildman–Crippen MR) is 146 cm³/mol. The Morgan fingerprint density at radius 1 is 0.775 bits per heavy atom. The molecule has 11 heteroatoms. The zero-order valence-electron chi connectivity index (χ0n) is 24.5. The molecule has 1 aromatic rings. The van der Waals surface area contributed by atoms with Gasteiger partial charge in [-0.25, -0.2) is 9.59 Å². The molecule has 3 aliphatic heterocycles. The minimum Gasteiger partial charge on any atom is -0.444 e. The van der Waals surface area contributed by atoms with Crippen LogP contribution in [0.5, 0.6) is 0 Å². The van der Waals surface area contributed by atoms with E-state index < -0.39 is 23.0 Å². The SMILES string of the molecule is CC(C)(C)OC(=O)N1CCC(CON2C(=O)c3ccccc3C2=O)CC1.CC(C)(C)OC(=O)N1CCC(O)CC1. The van der Waals surface area contributed by atoms with Crippen molar-refractivity contribution in [2.24, 2.45) is 5.92 Å². The third-order valence-electron chi connectivity index (χ3n) is 6.58. The second-order valence-electron chi connectivity index (χ2n) is 12.4. The number of aliphatic hydroxyl groups excluding tert-OH is 1. The highest BCUT2D eigenvalue weighted by molar-refractivity contribution is 6.20. The largest absolute Gasteiger partial charge is 0.444 e. The van der Waals surface area contributed by atoms with Crippen LogP contribution in [0.2, 0.25) is 0 Å². The fraction of sp³-hybridized carbons (Fsp3) is 0.655. The van der Waals surface area contributed by atoms with Crippen LogP contribution >= 0.6 is 0 Å². The van der Waals surface area contributed by atoms with Gasteiger partial charge in [-0.15, -0.1) is 5.06 Å². The van der Waals surface area contributed by atoms with E-state index in [0.717, 1.165) is 17.9 Å². The number of amides is 4. The van der Waals surface area contributed by atoms with E-state index in [-0.39, 0.29) is 30.8 Å². The van der Waals surface area contributed by atoms with Crippen molar-refractivity contribution in [1.29, 1.82) is 0 Å². The first kappa shape index (κ1) is 31.3. The highest BCUT2D eigenvalue weighted by Gasteiger charge is 2.37. The highest BCUT2D eigenvalue weighted by Crippen LogP contribution is 2.25. The molecule has 3 heterocycles. The van der Waals surface area contributed by atoms with Gasteiger partial charge in [0.15, 0.2) is 0 Å². The summed E-state index contributed by atoms with van der Waals surface area (Å²) in [7, 11) is 0. The number of hydrogen-bond acceptors (Lipinski definition) is 8. The summed E-state index contributed by atoms with van der Waals surface area (Å²) in [5.41, 5.74) is -0.204. The Morgan fingerprint density at radius 3 is 1.57 bits per heavy atom. The molecule has 1 N–H and O–H groups in total. The molecule has 0 aliphatic carbocycles. The number of aliphatic hydroxyl groups is 1. The number of rotatable bonds is 3. The molecule has 2 saturated heterocycles. The van der Waals surface area contributed by atoms with E-state index in [1.807, 2.05) is 41.5 Å². The van der Waals surface area contributed by atoms with Crippen LogP contribution in [0.25, 0.3) is 0 Å². The Morgan fingerprint density at radius 2 is 1.18 bits per heavy atom. The first-order valence-corrected chi connectivity index (χ1v) is 13.9. The van der Waals surface area contributed by atoms with Crippen LogP contribution in [0.15, 0.2) is 24.3 Å². The fourth-order valence-electron chi connectivity index (χ4n) is 4.45. The van der Waals surface area contributed by atoms with Gasteiger partial charge in [-0.2, -0.15) is 0 Å². The van der Waals surface area contributed by atoms with Gasteiger partial charge in [-0.05, 0) is 85.3 Å². The molecule has 0 unspecified atom stereocenters. The number of nitrogens with zero attached hydrogens (tertiary/aromatic N) is 3. The predicted octanol–water partition coefficient (Wildman–Crippen LogP) is 4.24. The van der Waals surface area contributed by atoms with Gasteiger partial charge in [0, 0.05) is 26.2 Å². The Balaban J connectivity index is 0.000000267. The van der Waals surface area contributed by atoms with Crippen molar-refractivity contribution in [3.05, 3.63) is 35.4 Å². The Bertz CT molecular complexity index is 1030. The standard InChI is InChI=1S/C19H24N2O5.C10H19NO3/c1-19(2,3)26-18(24)20-10-8-13(9-11-20)12-25-21-16(22)14-6-4-5-7-15(14)17(21)23;1-10(2,3)14-9(13)11-6-4-8(12)5-7-11/h4-7,13H,8-12H2,1-3H3;8,12H,4-7H2,1-3H3. The third kappa shape index (κ3) is 8.92. The summed E-state index contributed by atoms with van der Waals surface area (Å²) in [5.74, 6) is -0.661. The topological polar surface area (TPSA) is 126 Å². The fourth-order valence-corrected chi connectivity index (χ4v) is 4.45. The molecular weight excluding hydrogens is 518 g/mol. The second kappa shape index (κ2) is 13.0. The molecule has 3 aliphatic rings. The Labute approximate surface area is 236 Å². The number of ether oxygens (including phenoxy) is 2. The summed E-state index contributed by atoms with van der Waals surface area (Å²) in [6.45, 7) is 13.7. The van der Waals surface area contributed by atoms with Crippen molar-refractivity contribution in [2.75, 3.05) is 32.8 Å². The van der Waals surface area contributed by atoms with E-state index in [1.165, 1.54) is 0 Å². The van der Waals surface area contributed by atoms with Crippen LogP contribution in [0.3, 0.4) is 0 Å². The third-order valence-corrected chi connectivity index (χ3v) is 6.58. The lowest BCUT2D eigenvalue weighted by molar-refractivity contribution is -0.107. The van der Waals surface area contributed by atoms with E-state index in [0.29, 0.717) is 50.1 Å². The molecule has 4 amide bonds. The number of imide groups is 1. The van der Waals surface area contributed by atoms with Gasteiger partial charge in [0.25, 0.3) is 11.8 Å². The van der Waals surface area contributed by atoms with Gasteiger partial charge >= 0.3 is 12.2 Å². The average molecular weight is 562 g/mol. The molecule has 0 spiro atoms. The molecule has 1 aromatic carbocycles. The molecule has 0 aromatic heterocycles. The lowest BCUT2D eigenvalue weighted by Gasteiger charge is -2.33. The van der Waals surface area contributed by atoms with Gasteiger partial charge in [0.05, 0.1) is 23.8 Å². The number of likely N-dealkylation sites (tertiary alicyclic amines) is 2. The molecule has 11 nitrogen and oxygen atoms in total. The number of piperidine rings is 2. The molecule has 40 heavy (non-hydrogen) atoms. The Kier molecular flexibility index (Phi) is 10.2. The summed E-state index contributed by atoms with van der Waals surface area (Å²) in [6.07, 6.45) is 1.94. The van der Waals surface area contributed by atoms with E-state index in [2.05, 4.69) is 0 Å². The lowest BCUT2D eigenvalue weighted by atomic mass is 9.98. The number of carbonyl (C=O) groups is 4. The summed E-state index contributed by atoms with van der Waals surface area (Å²) in [6, 6.07) is 6.69. The van der Waals surface area contributed by atoms with E-state index >= 15 is 0 Å². The highest BCUT2D eigenvalue weighted by atomic mass is 16.7. The molecule has 2 fully saturated rings. The molecular formula is C29H43N3O8. The number of benzene rings is 1. The van der Waals surface area contributed by atoms with Gasteiger partial charge in [0.2, 0.25) is 0 Å². The van der Waals surface area contributed by atoms with E-state index in [4.69, 9.17) is 14.3 Å². The van der Waals surface area contributed by atoms with E-state index in [9.17, 15) is 24.3 Å². The van der Waals surface area contributed by atoms with Crippen molar-refractivity contribution in [3.8, 4) is 0 Å². The van der Waals surface area contributed by atoms with Crippen molar-refractivity contribution < 1.29 is 38.6 Å². The Hall–Kier alpha value is -3.18. The maximum atomic E-state index is 12.3. The maximum Gasteiger partial charge on any atom is 0.410 e. The van der Waals surface area contributed by atoms with Gasteiger partial charge in [-0.1, -0.05) is 12.1 Å². The normalized spacial score (nSPS) is 18.7. The molecule has 0 saturated carbocycles. The maximum absolute atomic E-state index is 12.3. The monoisotopic (exact) mass is 561 g/mol. The molecule has 4 rings (SSSR count). The molecule has 0 radical (unpaired) electrons. The summed E-state index contributed by atoms with van der Waals surface area (Å²) in [4.78, 5) is 57.0. The van der Waals surface area contributed by atoms with Crippen molar-refractivity contribution >= 4 is 24.0 Å².